The second-order valence-electron chi connectivity index (χ2n) is 3.37. The molecule has 0 aliphatic heterocycles. The number of ether oxygens (including phenoxy) is 1. The first-order valence-corrected chi connectivity index (χ1v) is 5.47. The molecule has 0 saturated carbocycles. The largest absolute Gasteiger partial charge is 0.489 e. The first-order chi connectivity index (χ1) is 7.69. The van der Waals surface area contributed by atoms with Gasteiger partial charge in [0.05, 0.1) is 0 Å². The van der Waals surface area contributed by atoms with Crippen molar-refractivity contribution in [3.05, 3.63) is 41.2 Å². The highest BCUT2D eigenvalue weighted by Gasteiger charge is 2.10. The van der Waals surface area contributed by atoms with Gasteiger partial charge in [0.1, 0.15) is 18.2 Å². The van der Waals surface area contributed by atoms with Crippen molar-refractivity contribution in [1.82, 2.24) is 5.32 Å². The van der Waals surface area contributed by atoms with E-state index in [1.54, 1.807) is 12.1 Å². The number of halogens is 2. The second-order valence-corrected chi connectivity index (χ2v) is 3.62. The summed E-state index contributed by atoms with van der Waals surface area (Å²) in [4.78, 5) is 0. The van der Waals surface area contributed by atoms with Gasteiger partial charge in [0, 0.05) is 17.1 Å². The Hall–Kier alpha value is -1.06. The Kier molecular flexibility index (Phi) is 5.29. The monoisotopic (exact) mass is 243 g/mol. The molecule has 0 fully saturated rings. The third-order valence-electron chi connectivity index (χ3n) is 2.30. The predicted molar refractivity (Wildman–Crippen MR) is 64.4 cm³/mol. The molecule has 0 aliphatic carbocycles. The molecule has 0 amide bonds. The molecule has 88 valence electrons. The lowest BCUT2D eigenvalue weighted by atomic mass is 10.1. The van der Waals surface area contributed by atoms with E-state index < -0.39 is 0 Å². The molecule has 2 nitrogen and oxygen atoms in total. The van der Waals surface area contributed by atoms with Gasteiger partial charge in [0.25, 0.3) is 0 Å². The van der Waals surface area contributed by atoms with Crippen LogP contribution in [0.15, 0.2) is 29.8 Å². The molecule has 1 aromatic carbocycles. The molecular formula is C12H15ClFNO. The fourth-order valence-electron chi connectivity index (χ4n) is 1.32. The normalized spacial score (nSPS) is 13.0. The van der Waals surface area contributed by atoms with E-state index in [-0.39, 0.29) is 11.9 Å². The zero-order valence-electron chi connectivity index (χ0n) is 9.34. The van der Waals surface area contributed by atoms with Crippen LogP contribution in [0.2, 0.25) is 0 Å². The lowest BCUT2D eigenvalue weighted by molar-refractivity contribution is 0.354. The predicted octanol–water partition coefficient (Wildman–Crippen LogP) is 3.24. The van der Waals surface area contributed by atoms with Crippen LogP contribution in [0.3, 0.4) is 0 Å². The number of nitrogens with one attached hydrogen (secondary N) is 1. The second kappa shape index (κ2) is 6.51. The van der Waals surface area contributed by atoms with Crippen LogP contribution in [0.5, 0.6) is 5.75 Å². The van der Waals surface area contributed by atoms with Crippen LogP contribution in [0, 0.1) is 5.82 Å². The summed E-state index contributed by atoms with van der Waals surface area (Å²) >= 11 is 5.39. The minimum Gasteiger partial charge on any atom is -0.489 e. The van der Waals surface area contributed by atoms with E-state index in [4.69, 9.17) is 16.3 Å². The Balaban J connectivity index is 2.88. The zero-order valence-corrected chi connectivity index (χ0v) is 10.1. The Labute approximate surface area is 100 Å². The first kappa shape index (κ1) is 13.0. The fourth-order valence-corrected chi connectivity index (χ4v) is 1.39. The van der Waals surface area contributed by atoms with Gasteiger partial charge in [-0.05, 0) is 38.2 Å². The Morgan fingerprint density at radius 3 is 2.94 bits per heavy atom. The van der Waals surface area contributed by atoms with Crippen LogP contribution in [0.1, 0.15) is 18.5 Å². The molecule has 1 unspecified atom stereocenters. The lowest BCUT2D eigenvalue weighted by Gasteiger charge is -2.15. The van der Waals surface area contributed by atoms with Gasteiger partial charge in [-0.2, -0.15) is 0 Å². The van der Waals surface area contributed by atoms with E-state index in [1.165, 1.54) is 17.7 Å². The Morgan fingerprint density at radius 2 is 2.31 bits per heavy atom. The van der Waals surface area contributed by atoms with Gasteiger partial charge >= 0.3 is 0 Å². The van der Waals surface area contributed by atoms with Crippen molar-refractivity contribution in [2.24, 2.45) is 0 Å². The SMILES string of the molecule is CNC(C)c1cc(F)ccc1OCC=CCl. The van der Waals surface area contributed by atoms with Crippen LogP contribution < -0.4 is 10.1 Å². The van der Waals surface area contributed by atoms with E-state index in [1.807, 2.05) is 14.0 Å². The maximum Gasteiger partial charge on any atom is 0.124 e. The summed E-state index contributed by atoms with van der Waals surface area (Å²) < 4.78 is 18.6. The van der Waals surface area contributed by atoms with Crippen molar-refractivity contribution in [1.29, 1.82) is 0 Å². The Morgan fingerprint density at radius 1 is 1.56 bits per heavy atom. The third kappa shape index (κ3) is 3.51. The van der Waals surface area contributed by atoms with Gasteiger partial charge in [0.15, 0.2) is 0 Å². The van der Waals surface area contributed by atoms with Crippen LogP contribution in [-0.4, -0.2) is 13.7 Å². The molecule has 16 heavy (non-hydrogen) atoms. The van der Waals surface area contributed by atoms with E-state index in [0.29, 0.717) is 12.4 Å². The molecule has 0 saturated heterocycles. The third-order valence-corrected chi connectivity index (χ3v) is 2.47. The molecular weight excluding hydrogens is 229 g/mol. The van der Waals surface area contributed by atoms with Crippen LogP contribution >= 0.6 is 11.6 Å². The maximum atomic E-state index is 13.1. The standard InChI is InChI=1S/C12H15ClFNO/c1-9(15-2)11-8-10(14)4-5-12(11)16-7-3-6-13/h3-6,8-9,15H,7H2,1-2H3. The van der Waals surface area contributed by atoms with E-state index in [9.17, 15) is 4.39 Å². The summed E-state index contributed by atoms with van der Waals surface area (Å²) in [5, 5.41) is 3.05. The molecule has 0 radical (unpaired) electrons. The van der Waals surface area contributed by atoms with Gasteiger partial charge in [-0.15, -0.1) is 0 Å². The van der Waals surface area contributed by atoms with Crippen molar-refractivity contribution >= 4 is 11.6 Å². The van der Waals surface area contributed by atoms with Crippen molar-refractivity contribution in [2.75, 3.05) is 13.7 Å². The van der Waals surface area contributed by atoms with Gasteiger partial charge in [-0.3, -0.25) is 0 Å². The van der Waals surface area contributed by atoms with Gasteiger partial charge < -0.3 is 10.1 Å². The molecule has 0 aliphatic rings. The minimum absolute atomic E-state index is 0.0330. The van der Waals surface area contributed by atoms with Crippen LogP contribution in [-0.2, 0) is 0 Å². The van der Waals surface area contributed by atoms with Crippen molar-refractivity contribution in [3.63, 3.8) is 0 Å². The van der Waals surface area contributed by atoms with Gasteiger partial charge in [0.2, 0.25) is 0 Å². The molecule has 1 aromatic rings. The molecule has 0 aromatic heterocycles. The van der Waals surface area contributed by atoms with E-state index >= 15 is 0 Å². The summed E-state index contributed by atoms with van der Waals surface area (Å²) in [6.45, 7) is 2.32. The smallest absolute Gasteiger partial charge is 0.124 e. The molecule has 0 bridgehead atoms. The zero-order chi connectivity index (χ0) is 12.0. The molecule has 0 heterocycles. The number of benzene rings is 1. The lowest BCUT2D eigenvalue weighted by Crippen LogP contribution is -2.14. The van der Waals surface area contributed by atoms with Crippen LogP contribution in [0.4, 0.5) is 4.39 Å². The molecule has 0 spiro atoms. The van der Waals surface area contributed by atoms with Gasteiger partial charge in [-0.1, -0.05) is 11.6 Å². The minimum atomic E-state index is -0.266. The summed E-state index contributed by atoms with van der Waals surface area (Å²) in [6, 6.07) is 4.51. The molecule has 4 heteroatoms. The maximum absolute atomic E-state index is 13.1. The van der Waals surface area contributed by atoms with Crippen molar-refractivity contribution in [2.45, 2.75) is 13.0 Å². The van der Waals surface area contributed by atoms with E-state index in [0.717, 1.165) is 5.56 Å². The highest BCUT2D eigenvalue weighted by atomic mass is 35.5. The van der Waals surface area contributed by atoms with Crippen molar-refractivity contribution < 1.29 is 9.13 Å². The highest BCUT2D eigenvalue weighted by Crippen LogP contribution is 2.25. The highest BCUT2D eigenvalue weighted by molar-refractivity contribution is 6.25. The Bertz CT molecular complexity index is 368. The summed E-state index contributed by atoms with van der Waals surface area (Å²) in [6.07, 6.45) is 1.68. The number of hydrogen-bond donors (Lipinski definition) is 1. The van der Waals surface area contributed by atoms with Crippen LogP contribution in [0.25, 0.3) is 0 Å². The topological polar surface area (TPSA) is 21.3 Å². The van der Waals surface area contributed by atoms with Crippen molar-refractivity contribution in [3.8, 4) is 5.75 Å². The average molecular weight is 244 g/mol. The molecule has 1 N–H and O–H groups in total. The number of rotatable bonds is 5. The molecule has 1 rings (SSSR count). The first-order valence-electron chi connectivity index (χ1n) is 5.03. The summed E-state index contributed by atoms with van der Waals surface area (Å²) in [5.74, 6) is 0.398. The fraction of sp³-hybridized carbons (Fsp3) is 0.333. The molecule has 1 atom stereocenters. The van der Waals surface area contributed by atoms with Gasteiger partial charge in [-0.25, -0.2) is 4.39 Å². The number of hydrogen-bond acceptors (Lipinski definition) is 2. The summed E-state index contributed by atoms with van der Waals surface area (Å²) in [7, 11) is 1.82. The summed E-state index contributed by atoms with van der Waals surface area (Å²) in [5.41, 5.74) is 2.19. The average Bonchev–Trinajstić information content (AvgIpc) is 2.30. The van der Waals surface area contributed by atoms with E-state index in [2.05, 4.69) is 5.32 Å². The quantitative estimate of drug-likeness (QED) is 0.857.